The second-order valence-electron chi connectivity index (χ2n) is 4.34. The van der Waals surface area contributed by atoms with Crippen LogP contribution in [0, 0.1) is 0 Å². The molecule has 6 nitrogen and oxygen atoms in total. The first-order valence-corrected chi connectivity index (χ1v) is 5.42. The minimum atomic E-state index is -1.23. The fourth-order valence-electron chi connectivity index (χ4n) is 1.85. The van der Waals surface area contributed by atoms with Gasteiger partial charge in [-0.2, -0.15) is 5.06 Å². The third-order valence-corrected chi connectivity index (χ3v) is 2.80. The zero-order valence-electron chi connectivity index (χ0n) is 10.1. The molecular formula is C10H21NO5. The van der Waals surface area contributed by atoms with Gasteiger partial charge < -0.3 is 20.1 Å². The Balaban J connectivity index is 2.80. The lowest BCUT2D eigenvalue weighted by Crippen LogP contribution is -2.62. The van der Waals surface area contributed by atoms with Crippen molar-refractivity contribution in [2.45, 2.75) is 57.5 Å². The summed E-state index contributed by atoms with van der Waals surface area (Å²) in [5.41, 5.74) is 0. The highest BCUT2D eigenvalue weighted by Gasteiger charge is 2.45. The lowest BCUT2D eigenvalue weighted by molar-refractivity contribution is -0.331. The van der Waals surface area contributed by atoms with Gasteiger partial charge in [0.25, 0.3) is 0 Å². The summed E-state index contributed by atoms with van der Waals surface area (Å²) in [5.74, 6) is 0. The summed E-state index contributed by atoms with van der Waals surface area (Å²) in [5, 5.41) is 30.5. The number of hydrogen-bond donors (Lipinski definition) is 3. The van der Waals surface area contributed by atoms with E-state index in [1.807, 2.05) is 13.8 Å². The second kappa shape index (κ2) is 5.39. The molecule has 1 fully saturated rings. The average Bonchev–Trinajstić information content (AvgIpc) is 2.23. The zero-order chi connectivity index (χ0) is 12.5. The summed E-state index contributed by atoms with van der Waals surface area (Å²) in [6, 6.07) is -0.0145. The standard InChI is InChI=1S/C10H21NO5/c1-5(2)11(15-4)10-9(14)8(13)7(12)6(3)16-10/h5-10,12-14H,1-4H3/t6?,7-,8-,9?,10?/m0/s1. The summed E-state index contributed by atoms with van der Waals surface area (Å²) < 4.78 is 5.44. The van der Waals surface area contributed by atoms with Gasteiger partial charge in [-0.25, -0.2) is 0 Å². The molecule has 0 aromatic heterocycles. The first-order chi connectivity index (χ1) is 7.40. The van der Waals surface area contributed by atoms with Crippen LogP contribution in [0.2, 0.25) is 0 Å². The van der Waals surface area contributed by atoms with Crippen LogP contribution in [0.3, 0.4) is 0 Å². The van der Waals surface area contributed by atoms with Gasteiger partial charge in [-0.1, -0.05) is 0 Å². The van der Waals surface area contributed by atoms with E-state index in [-0.39, 0.29) is 6.04 Å². The maximum absolute atomic E-state index is 9.82. The van der Waals surface area contributed by atoms with Gasteiger partial charge in [-0.3, -0.25) is 4.84 Å². The molecule has 0 spiro atoms. The van der Waals surface area contributed by atoms with Crippen LogP contribution >= 0.6 is 0 Å². The fraction of sp³-hybridized carbons (Fsp3) is 1.00. The van der Waals surface area contributed by atoms with Crippen LogP contribution in [0.25, 0.3) is 0 Å². The van der Waals surface area contributed by atoms with E-state index in [9.17, 15) is 15.3 Å². The molecule has 0 radical (unpaired) electrons. The molecule has 0 aromatic carbocycles. The summed E-state index contributed by atoms with van der Waals surface area (Å²) >= 11 is 0. The van der Waals surface area contributed by atoms with E-state index in [4.69, 9.17) is 9.57 Å². The Hall–Kier alpha value is -0.240. The number of hydrogen-bond acceptors (Lipinski definition) is 6. The molecule has 1 aliphatic heterocycles. The lowest BCUT2D eigenvalue weighted by Gasteiger charge is -2.44. The van der Waals surface area contributed by atoms with E-state index < -0.39 is 30.6 Å². The Morgan fingerprint density at radius 3 is 2.12 bits per heavy atom. The topological polar surface area (TPSA) is 82.4 Å². The third kappa shape index (κ3) is 2.53. The molecule has 1 aliphatic rings. The van der Waals surface area contributed by atoms with Crippen molar-refractivity contribution in [1.82, 2.24) is 5.06 Å². The first-order valence-electron chi connectivity index (χ1n) is 5.42. The quantitative estimate of drug-likeness (QED) is 0.549. The van der Waals surface area contributed by atoms with Crippen molar-refractivity contribution in [3.63, 3.8) is 0 Å². The van der Waals surface area contributed by atoms with Gasteiger partial charge in [0.05, 0.1) is 13.2 Å². The Kier molecular flexibility index (Phi) is 4.66. The molecule has 3 unspecified atom stereocenters. The lowest BCUT2D eigenvalue weighted by atomic mass is 9.98. The van der Waals surface area contributed by atoms with Crippen LogP contribution in [0.1, 0.15) is 20.8 Å². The predicted octanol–water partition coefficient (Wildman–Crippen LogP) is -0.914. The zero-order valence-corrected chi connectivity index (χ0v) is 10.1. The van der Waals surface area contributed by atoms with Crippen LogP contribution in [-0.2, 0) is 9.57 Å². The molecule has 1 heterocycles. The summed E-state index contributed by atoms with van der Waals surface area (Å²) in [4.78, 5) is 5.11. The molecule has 0 aliphatic carbocycles. The van der Waals surface area contributed by atoms with Crippen LogP contribution in [0.5, 0.6) is 0 Å². The van der Waals surface area contributed by atoms with Gasteiger partial charge in [0, 0.05) is 6.04 Å². The highest BCUT2D eigenvalue weighted by Crippen LogP contribution is 2.24. The van der Waals surface area contributed by atoms with E-state index in [0.29, 0.717) is 0 Å². The van der Waals surface area contributed by atoms with Crippen LogP contribution in [-0.4, -0.2) is 64.2 Å². The van der Waals surface area contributed by atoms with E-state index in [1.54, 1.807) is 6.92 Å². The third-order valence-electron chi connectivity index (χ3n) is 2.80. The van der Waals surface area contributed by atoms with Gasteiger partial charge >= 0.3 is 0 Å². The predicted molar refractivity (Wildman–Crippen MR) is 56.3 cm³/mol. The van der Waals surface area contributed by atoms with Gasteiger partial charge in [-0.15, -0.1) is 0 Å². The molecule has 0 saturated carbocycles. The minimum Gasteiger partial charge on any atom is -0.388 e. The molecule has 5 atom stereocenters. The number of ether oxygens (including phenoxy) is 1. The number of aliphatic hydroxyl groups excluding tert-OH is 3. The van der Waals surface area contributed by atoms with Gasteiger partial charge in [0.1, 0.15) is 18.3 Å². The van der Waals surface area contributed by atoms with Crippen molar-refractivity contribution in [2.24, 2.45) is 0 Å². The maximum atomic E-state index is 9.82. The van der Waals surface area contributed by atoms with Gasteiger partial charge in [-0.05, 0) is 20.8 Å². The smallest absolute Gasteiger partial charge is 0.162 e. The van der Waals surface area contributed by atoms with E-state index >= 15 is 0 Å². The summed E-state index contributed by atoms with van der Waals surface area (Å²) in [6.07, 6.45) is -4.85. The fourth-order valence-corrected chi connectivity index (χ4v) is 1.85. The SMILES string of the molecule is CON(C(C)C)C1OC(C)[C@H](O)[C@H](O)C1O. The Morgan fingerprint density at radius 2 is 1.69 bits per heavy atom. The number of aliphatic hydroxyl groups is 3. The van der Waals surface area contributed by atoms with Crippen molar-refractivity contribution >= 4 is 0 Å². The van der Waals surface area contributed by atoms with Gasteiger partial charge in [0.15, 0.2) is 6.23 Å². The Morgan fingerprint density at radius 1 is 1.12 bits per heavy atom. The van der Waals surface area contributed by atoms with E-state index in [2.05, 4.69) is 0 Å². The molecule has 0 amide bonds. The monoisotopic (exact) mass is 235 g/mol. The van der Waals surface area contributed by atoms with Crippen LogP contribution in [0.4, 0.5) is 0 Å². The van der Waals surface area contributed by atoms with Crippen LogP contribution < -0.4 is 0 Å². The number of hydroxylamine groups is 2. The van der Waals surface area contributed by atoms with Crippen molar-refractivity contribution < 1.29 is 24.9 Å². The normalized spacial score (nSPS) is 40.7. The number of nitrogens with zero attached hydrogens (tertiary/aromatic N) is 1. The molecule has 1 saturated heterocycles. The molecule has 96 valence electrons. The Labute approximate surface area is 95.3 Å². The van der Waals surface area contributed by atoms with Crippen LogP contribution in [0.15, 0.2) is 0 Å². The van der Waals surface area contributed by atoms with Crippen molar-refractivity contribution in [2.75, 3.05) is 7.11 Å². The molecule has 3 N–H and O–H groups in total. The van der Waals surface area contributed by atoms with Gasteiger partial charge in [0.2, 0.25) is 0 Å². The summed E-state index contributed by atoms with van der Waals surface area (Å²) in [6.45, 7) is 5.39. The molecule has 0 bridgehead atoms. The molecule has 16 heavy (non-hydrogen) atoms. The van der Waals surface area contributed by atoms with E-state index in [0.717, 1.165) is 0 Å². The van der Waals surface area contributed by atoms with E-state index in [1.165, 1.54) is 12.2 Å². The van der Waals surface area contributed by atoms with Crippen molar-refractivity contribution in [3.8, 4) is 0 Å². The summed E-state index contributed by atoms with van der Waals surface area (Å²) in [7, 11) is 1.47. The van der Waals surface area contributed by atoms with Crippen molar-refractivity contribution in [1.29, 1.82) is 0 Å². The Bertz CT molecular complexity index is 225. The highest BCUT2D eigenvalue weighted by molar-refractivity contribution is 4.89. The van der Waals surface area contributed by atoms with Crippen molar-refractivity contribution in [3.05, 3.63) is 0 Å². The number of rotatable bonds is 3. The first kappa shape index (κ1) is 13.8. The minimum absolute atomic E-state index is 0.0145. The molecule has 6 heteroatoms. The highest BCUT2D eigenvalue weighted by atomic mass is 16.7. The molecule has 1 rings (SSSR count). The largest absolute Gasteiger partial charge is 0.388 e. The molecular weight excluding hydrogens is 214 g/mol. The maximum Gasteiger partial charge on any atom is 0.162 e. The molecule has 0 aromatic rings. The second-order valence-corrected chi connectivity index (χ2v) is 4.34. The average molecular weight is 235 g/mol.